The molecule has 0 saturated carbocycles. The summed E-state index contributed by atoms with van der Waals surface area (Å²) in [5.41, 5.74) is -3.28. The van der Waals surface area contributed by atoms with E-state index in [2.05, 4.69) is 25.7 Å². The predicted molar refractivity (Wildman–Crippen MR) is 62.2 cm³/mol. The van der Waals surface area contributed by atoms with Crippen molar-refractivity contribution in [2.75, 3.05) is 6.61 Å². The van der Waals surface area contributed by atoms with Gasteiger partial charge in [-0.3, -0.25) is 4.79 Å². The Labute approximate surface area is 119 Å². The molecule has 0 aliphatic heterocycles. The van der Waals surface area contributed by atoms with Gasteiger partial charge in [0.15, 0.2) is 0 Å². The van der Waals surface area contributed by atoms with E-state index in [1.165, 1.54) is 6.92 Å². The minimum atomic E-state index is -4.88. The van der Waals surface area contributed by atoms with Crippen LogP contribution in [0.15, 0.2) is 10.7 Å². The van der Waals surface area contributed by atoms with E-state index in [0.29, 0.717) is 6.07 Å². The van der Waals surface area contributed by atoms with Gasteiger partial charge in [-0.1, -0.05) is 0 Å². The van der Waals surface area contributed by atoms with Crippen molar-refractivity contribution in [3.05, 3.63) is 27.5 Å². The largest absolute Gasteiger partial charge is 0.466 e. The number of pyridine rings is 1. The molecule has 0 spiro atoms. The van der Waals surface area contributed by atoms with Crippen molar-refractivity contribution in [3.8, 4) is 0 Å². The lowest BCUT2D eigenvalue weighted by Gasteiger charge is -2.16. The highest BCUT2D eigenvalue weighted by atomic mass is 79.9. The first-order valence-corrected chi connectivity index (χ1v) is 6.16. The summed E-state index contributed by atoms with van der Waals surface area (Å²) >= 11 is 2.64. The second-order valence-electron chi connectivity index (χ2n) is 3.64. The molecule has 112 valence electrons. The second kappa shape index (κ2) is 6.47. The lowest BCUT2D eigenvalue weighted by Crippen LogP contribution is -2.18. The Bertz CT molecular complexity index is 504. The van der Waals surface area contributed by atoms with Crippen molar-refractivity contribution < 1.29 is 31.5 Å². The van der Waals surface area contributed by atoms with Crippen LogP contribution in [-0.2, 0) is 22.1 Å². The minimum Gasteiger partial charge on any atom is -0.466 e. The van der Waals surface area contributed by atoms with Gasteiger partial charge in [0.1, 0.15) is 10.3 Å². The average molecular weight is 362 g/mol. The van der Waals surface area contributed by atoms with E-state index in [1.54, 1.807) is 0 Å². The van der Waals surface area contributed by atoms with Gasteiger partial charge in [-0.15, -0.1) is 0 Å². The Morgan fingerprint density at radius 1 is 1.45 bits per heavy atom. The first kappa shape index (κ1) is 16.8. The van der Waals surface area contributed by atoms with Gasteiger partial charge in [0.25, 0.3) is 6.43 Å². The summed E-state index contributed by atoms with van der Waals surface area (Å²) in [5.74, 6) is -1.02. The Hall–Kier alpha value is -1.25. The number of aromatic nitrogens is 1. The normalized spacial score (nSPS) is 11.8. The first-order valence-electron chi connectivity index (χ1n) is 5.37. The summed E-state index contributed by atoms with van der Waals surface area (Å²) in [5, 5.41) is 0. The van der Waals surface area contributed by atoms with Crippen molar-refractivity contribution in [2.24, 2.45) is 0 Å². The third kappa shape index (κ3) is 4.12. The van der Waals surface area contributed by atoms with E-state index in [4.69, 9.17) is 0 Å². The topological polar surface area (TPSA) is 39.2 Å². The predicted octanol–water partition coefficient (Wildman–Crippen LogP) is 3.91. The third-order valence-electron chi connectivity index (χ3n) is 2.26. The highest BCUT2D eigenvalue weighted by Crippen LogP contribution is 2.37. The summed E-state index contributed by atoms with van der Waals surface area (Å²) in [7, 11) is 0. The van der Waals surface area contributed by atoms with Crippen molar-refractivity contribution >= 4 is 21.9 Å². The summed E-state index contributed by atoms with van der Waals surface area (Å²) in [6.45, 7) is 1.39. The number of esters is 1. The molecule has 0 amide bonds. The molecule has 0 aliphatic carbocycles. The maximum Gasteiger partial charge on any atom is 0.416 e. The zero-order valence-corrected chi connectivity index (χ0v) is 11.7. The lowest BCUT2D eigenvalue weighted by molar-refractivity contribution is -0.143. The van der Waals surface area contributed by atoms with E-state index in [1.807, 2.05) is 0 Å². The third-order valence-corrected chi connectivity index (χ3v) is 2.67. The van der Waals surface area contributed by atoms with Gasteiger partial charge >= 0.3 is 12.1 Å². The minimum absolute atomic E-state index is 0.0614. The standard InChI is InChI=1S/C11H9BrF5NO2/c1-2-20-8(19)3-5-6(11(15,16)17)4-7(12)18-9(5)10(13)14/h4,10H,2-3H2,1H3. The second-order valence-corrected chi connectivity index (χ2v) is 4.45. The van der Waals surface area contributed by atoms with Crippen LogP contribution in [0.5, 0.6) is 0 Å². The molecule has 3 nitrogen and oxygen atoms in total. The van der Waals surface area contributed by atoms with Gasteiger partial charge in [-0.2, -0.15) is 13.2 Å². The molecule has 1 rings (SSSR count). The molecule has 0 aliphatic rings. The fraction of sp³-hybridized carbons (Fsp3) is 0.455. The van der Waals surface area contributed by atoms with E-state index in [9.17, 15) is 26.7 Å². The fourth-order valence-electron chi connectivity index (χ4n) is 1.53. The van der Waals surface area contributed by atoms with Crippen LogP contribution in [0.2, 0.25) is 0 Å². The average Bonchev–Trinajstić information content (AvgIpc) is 2.29. The van der Waals surface area contributed by atoms with Gasteiger partial charge in [-0.25, -0.2) is 13.8 Å². The maximum absolute atomic E-state index is 12.9. The molecular formula is C11H9BrF5NO2. The molecule has 1 aromatic heterocycles. The molecule has 0 N–H and O–H groups in total. The van der Waals surface area contributed by atoms with E-state index in [0.717, 1.165) is 0 Å². The van der Waals surface area contributed by atoms with E-state index >= 15 is 0 Å². The van der Waals surface area contributed by atoms with Gasteiger partial charge in [0.2, 0.25) is 0 Å². The van der Waals surface area contributed by atoms with Gasteiger partial charge in [0.05, 0.1) is 18.6 Å². The number of hydrogen-bond donors (Lipinski definition) is 0. The number of rotatable bonds is 4. The number of carbonyl (C=O) groups is 1. The number of ether oxygens (including phenoxy) is 1. The van der Waals surface area contributed by atoms with Crippen molar-refractivity contribution in [1.29, 1.82) is 0 Å². The molecule has 1 heterocycles. The molecule has 0 bridgehead atoms. The van der Waals surface area contributed by atoms with Crippen LogP contribution in [0.4, 0.5) is 22.0 Å². The molecule has 0 aromatic carbocycles. The number of alkyl halides is 5. The zero-order valence-electron chi connectivity index (χ0n) is 10.1. The summed E-state index contributed by atoms with van der Waals surface area (Å²) in [4.78, 5) is 14.6. The monoisotopic (exact) mass is 361 g/mol. The van der Waals surface area contributed by atoms with Crippen molar-refractivity contribution in [3.63, 3.8) is 0 Å². The van der Waals surface area contributed by atoms with Crippen LogP contribution in [0, 0.1) is 0 Å². The van der Waals surface area contributed by atoms with Crippen LogP contribution in [-0.4, -0.2) is 17.6 Å². The first-order chi connectivity index (χ1) is 9.16. The molecule has 0 unspecified atom stereocenters. The Morgan fingerprint density at radius 3 is 2.50 bits per heavy atom. The molecule has 20 heavy (non-hydrogen) atoms. The van der Waals surface area contributed by atoms with Crippen LogP contribution in [0.25, 0.3) is 0 Å². The Kier molecular flexibility index (Phi) is 5.43. The maximum atomic E-state index is 12.9. The van der Waals surface area contributed by atoms with Gasteiger partial charge in [-0.05, 0) is 28.9 Å². The summed E-state index contributed by atoms with van der Waals surface area (Å²) < 4.78 is 68.3. The van der Waals surface area contributed by atoms with Crippen LogP contribution >= 0.6 is 15.9 Å². The number of nitrogens with zero attached hydrogens (tertiary/aromatic N) is 1. The number of carbonyl (C=O) groups excluding carboxylic acids is 1. The number of halogens is 6. The smallest absolute Gasteiger partial charge is 0.416 e. The van der Waals surface area contributed by atoms with Crippen LogP contribution < -0.4 is 0 Å². The Morgan fingerprint density at radius 2 is 2.05 bits per heavy atom. The molecular weight excluding hydrogens is 353 g/mol. The van der Waals surface area contributed by atoms with Crippen molar-refractivity contribution in [2.45, 2.75) is 25.9 Å². The molecule has 0 radical (unpaired) electrons. The zero-order chi connectivity index (χ0) is 15.5. The van der Waals surface area contributed by atoms with Crippen molar-refractivity contribution in [1.82, 2.24) is 4.98 Å². The molecule has 0 atom stereocenters. The Balaban J connectivity index is 3.38. The SMILES string of the molecule is CCOC(=O)Cc1c(C(F)(F)F)cc(Br)nc1C(F)F. The van der Waals surface area contributed by atoms with Crippen LogP contribution in [0.3, 0.4) is 0 Å². The van der Waals surface area contributed by atoms with E-state index < -0.39 is 41.8 Å². The molecule has 0 saturated heterocycles. The summed E-state index contributed by atoms with van der Waals surface area (Å²) in [6, 6.07) is 0.556. The number of hydrogen-bond acceptors (Lipinski definition) is 3. The molecule has 0 fully saturated rings. The van der Waals surface area contributed by atoms with E-state index in [-0.39, 0.29) is 11.2 Å². The highest BCUT2D eigenvalue weighted by Gasteiger charge is 2.37. The van der Waals surface area contributed by atoms with Crippen LogP contribution in [0.1, 0.15) is 30.2 Å². The fourth-order valence-corrected chi connectivity index (χ4v) is 1.95. The van der Waals surface area contributed by atoms with Gasteiger partial charge in [0, 0.05) is 5.56 Å². The molecule has 1 aromatic rings. The lowest BCUT2D eigenvalue weighted by atomic mass is 10.0. The van der Waals surface area contributed by atoms with Gasteiger partial charge < -0.3 is 4.74 Å². The summed E-state index contributed by atoms with van der Waals surface area (Å²) in [6.07, 6.45) is -9.03. The highest BCUT2D eigenvalue weighted by molar-refractivity contribution is 9.10. The molecule has 9 heteroatoms. The quantitative estimate of drug-likeness (QED) is 0.463.